The highest BCUT2D eigenvalue weighted by molar-refractivity contribution is 9.10. The van der Waals surface area contributed by atoms with Gasteiger partial charge >= 0.3 is 0 Å². The van der Waals surface area contributed by atoms with E-state index in [0.29, 0.717) is 5.92 Å². The van der Waals surface area contributed by atoms with E-state index in [1.807, 2.05) is 27.9 Å². The SMILES string of the molecule is COC1(C)CCC2(CC1)Cc1ccc(Br)cc1C2CNS(=O)C(C)(C)C. The molecule has 0 heterocycles. The standard InChI is InChI=1S/C21H32BrNO2S/c1-19(2,3)26(24)23-14-18-17-12-16(22)7-6-15(17)13-21(18)10-8-20(4,25-5)9-11-21/h6-7,12,18,23H,8-11,13-14H2,1-5H3. The molecule has 1 aromatic carbocycles. The number of hydrogen-bond donors (Lipinski definition) is 1. The number of nitrogens with one attached hydrogen (secondary N) is 1. The fraction of sp³-hybridized carbons (Fsp3) is 0.714. The van der Waals surface area contributed by atoms with Crippen molar-refractivity contribution in [1.82, 2.24) is 4.72 Å². The third kappa shape index (κ3) is 3.96. The van der Waals surface area contributed by atoms with Crippen LogP contribution in [-0.2, 0) is 22.1 Å². The van der Waals surface area contributed by atoms with E-state index in [2.05, 4.69) is 45.8 Å². The quantitative estimate of drug-likeness (QED) is 0.704. The van der Waals surface area contributed by atoms with Crippen molar-refractivity contribution < 1.29 is 8.95 Å². The predicted molar refractivity (Wildman–Crippen MR) is 113 cm³/mol. The molecule has 1 N–H and O–H groups in total. The van der Waals surface area contributed by atoms with Gasteiger partial charge in [0.25, 0.3) is 0 Å². The molecule has 5 heteroatoms. The molecule has 3 rings (SSSR count). The monoisotopic (exact) mass is 441 g/mol. The van der Waals surface area contributed by atoms with Crippen LogP contribution in [-0.4, -0.2) is 28.2 Å². The summed E-state index contributed by atoms with van der Waals surface area (Å²) in [5, 5.41) is 0. The van der Waals surface area contributed by atoms with Crippen LogP contribution in [0.5, 0.6) is 0 Å². The van der Waals surface area contributed by atoms with Crippen molar-refractivity contribution in [3.05, 3.63) is 33.8 Å². The Morgan fingerprint density at radius 3 is 2.50 bits per heavy atom. The molecule has 0 aliphatic heterocycles. The smallest absolute Gasteiger partial charge is 0.0970 e. The summed E-state index contributed by atoms with van der Waals surface area (Å²) in [4.78, 5) is 0. The van der Waals surface area contributed by atoms with Gasteiger partial charge in [-0.3, -0.25) is 0 Å². The molecule has 0 radical (unpaired) electrons. The molecular weight excluding hydrogens is 410 g/mol. The molecule has 2 unspecified atom stereocenters. The highest BCUT2D eigenvalue weighted by Crippen LogP contribution is 2.57. The molecular formula is C21H32BrNO2S. The summed E-state index contributed by atoms with van der Waals surface area (Å²) in [6, 6.07) is 6.70. The first-order chi connectivity index (χ1) is 12.1. The second kappa shape index (κ2) is 7.31. The van der Waals surface area contributed by atoms with Crippen molar-refractivity contribution in [3.8, 4) is 0 Å². The summed E-state index contributed by atoms with van der Waals surface area (Å²) >= 11 is 3.65. The fourth-order valence-corrected chi connectivity index (χ4v) is 5.72. The normalized spacial score (nSPS) is 32.6. The van der Waals surface area contributed by atoms with Crippen molar-refractivity contribution in [2.45, 2.75) is 76.1 Å². The number of halogens is 1. The van der Waals surface area contributed by atoms with E-state index < -0.39 is 11.0 Å². The van der Waals surface area contributed by atoms with Gasteiger partial charge < -0.3 is 4.74 Å². The lowest BCUT2D eigenvalue weighted by Gasteiger charge is -2.46. The minimum absolute atomic E-state index is 0.00676. The van der Waals surface area contributed by atoms with Crippen LogP contribution in [0.4, 0.5) is 0 Å². The summed E-state index contributed by atoms with van der Waals surface area (Å²) < 4.78 is 22.6. The largest absolute Gasteiger partial charge is 0.379 e. The first-order valence-corrected chi connectivity index (χ1v) is 11.5. The van der Waals surface area contributed by atoms with Gasteiger partial charge in [0.2, 0.25) is 0 Å². The highest BCUT2D eigenvalue weighted by atomic mass is 79.9. The van der Waals surface area contributed by atoms with Crippen molar-refractivity contribution >= 4 is 26.9 Å². The molecule has 1 fully saturated rings. The van der Waals surface area contributed by atoms with Crippen LogP contribution in [0.1, 0.15) is 70.4 Å². The zero-order valence-corrected chi connectivity index (χ0v) is 19.1. The molecule has 3 nitrogen and oxygen atoms in total. The Morgan fingerprint density at radius 2 is 1.92 bits per heavy atom. The van der Waals surface area contributed by atoms with E-state index in [4.69, 9.17) is 4.74 Å². The maximum Gasteiger partial charge on any atom is 0.0970 e. The number of methoxy groups -OCH3 is 1. The van der Waals surface area contributed by atoms with E-state index >= 15 is 0 Å². The second-order valence-electron chi connectivity index (χ2n) is 9.32. The summed E-state index contributed by atoms with van der Waals surface area (Å²) in [5.41, 5.74) is 3.16. The number of rotatable bonds is 4. The van der Waals surface area contributed by atoms with Crippen molar-refractivity contribution in [3.63, 3.8) is 0 Å². The summed E-state index contributed by atoms with van der Waals surface area (Å²) in [6.07, 6.45) is 5.65. The first-order valence-electron chi connectivity index (χ1n) is 9.57. The molecule has 146 valence electrons. The summed E-state index contributed by atoms with van der Waals surface area (Å²) in [5.74, 6) is 0.405. The molecule has 0 aromatic heterocycles. The Hall–Kier alpha value is -0.230. The Balaban J connectivity index is 1.86. The van der Waals surface area contributed by atoms with Crippen molar-refractivity contribution in [2.24, 2.45) is 5.41 Å². The lowest BCUT2D eigenvalue weighted by molar-refractivity contribution is -0.0566. The molecule has 0 bridgehead atoms. The van der Waals surface area contributed by atoms with Crippen LogP contribution in [0.15, 0.2) is 22.7 Å². The van der Waals surface area contributed by atoms with Gasteiger partial charge in [0, 0.05) is 24.0 Å². The van der Waals surface area contributed by atoms with Gasteiger partial charge in [-0.25, -0.2) is 8.93 Å². The van der Waals surface area contributed by atoms with Gasteiger partial charge in [-0.05, 0) is 88.5 Å². The fourth-order valence-electron chi connectivity index (χ4n) is 4.59. The zero-order chi connectivity index (χ0) is 19.2. The lowest BCUT2D eigenvalue weighted by Crippen LogP contribution is -2.44. The van der Waals surface area contributed by atoms with Crippen molar-refractivity contribution in [2.75, 3.05) is 13.7 Å². The minimum Gasteiger partial charge on any atom is -0.379 e. The first kappa shape index (κ1) is 20.5. The van der Waals surface area contributed by atoms with Gasteiger partial charge in [0.1, 0.15) is 0 Å². The van der Waals surface area contributed by atoms with E-state index in [0.717, 1.165) is 43.1 Å². The average Bonchev–Trinajstić information content (AvgIpc) is 2.87. The van der Waals surface area contributed by atoms with E-state index in [9.17, 15) is 4.21 Å². The summed E-state index contributed by atoms with van der Waals surface area (Å²) in [7, 11) is 0.797. The van der Waals surface area contributed by atoms with Crippen LogP contribution in [0, 0.1) is 5.41 Å². The summed E-state index contributed by atoms with van der Waals surface area (Å²) in [6.45, 7) is 9.08. The van der Waals surface area contributed by atoms with Crippen LogP contribution in [0.25, 0.3) is 0 Å². The molecule has 1 saturated carbocycles. The Bertz CT molecular complexity index is 690. The highest BCUT2D eigenvalue weighted by Gasteiger charge is 2.50. The molecule has 0 amide bonds. The number of fused-ring (bicyclic) bond motifs is 1. The average molecular weight is 442 g/mol. The Kier molecular flexibility index (Phi) is 5.76. The number of ether oxygens (including phenoxy) is 1. The van der Waals surface area contributed by atoms with Crippen LogP contribution in [0.3, 0.4) is 0 Å². The third-order valence-corrected chi connectivity index (χ3v) is 8.57. The molecule has 2 aliphatic carbocycles. The van der Waals surface area contributed by atoms with E-state index in [1.165, 1.54) is 11.1 Å². The van der Waals surface area contributed by atoms with Crippen LogP contribution in [0.2, 0.25) is 0 Å². The minimum atomic E-state index is -1.04. The van der Waals surface area contributed by atoms with Gasteiger partial charge in [-0.1, -0.05) is 22.0 Å². The maximum atomic E-state index is 12.6. The molecule has 2 aliphatic rings. The van der Waals surface area contributed by atoms with Gasteiger partial charge in [-0.2, -0.15) is 0 Å². The van der Waals surface area contributed by atoms with Crippen LogP contribution < -0.4 is 4.72 Å². The maximum absolute atomic E-state index is 12.6. The predicted octanol–water partition coefficient (Wildman–Crippen LogP) is 5.11. The Labute approximate surface area is 169 Å². The van der Waals surface area contributed by atoms with E-state index in [-0.39, 0.29) is 15.8 Å². The number of hydrogen-bond acceptors (Lipinski definition) is 2. The third-order valence-electron chi connectivity index (χ3n) is 6.54. The lowest BCUT2D eigenvalue weighted by atomic mass is 9.63. The molecule has 1 aromatic rings. The van der Waals surface area contributed by atoms with Crippen LogP contribution >= 0.6 is 15.9 Å². The zero-order valence-electron chi connectivity index (χ0n) is 16.7. The molecule has 2 atom stereocenters. The second-order valence-corrected chi connectivity index (χ2v) is 12.3. The van der Waals surface area contributed by atoms with Gasteiger partial charge in [0.05, 0.1) is 21.3 Å². The topological polar surface area (TPSA) is 38.3 Å². The van der Waals surface area contributed by atoms with E-state index in [1.54, 1.807) is 0 Å². The molecule has 26 heavy (non-hydrogen) atoms. The van der Waals surface area contributed by atoms with Gasteiger partial charge in [-0.15, -0.1) is 0 Å². The van der Waals surface area contributed by atoms with Gasteiger partial charge in [0.15, 0.2) is 0 Å². The molecule has 0 saturated heterocycles. The molecule has 1 spiro atoms. The van der Waals surface area contributed by atoms with Crippen molar-refractivity contribution in [1.29, 1.82) is 0 Å². The Morgan fingerprint density at radius 1 is 1.27 bits per heavy atom. The number of benzene rings is 1.